The summed E-state index contributed by atoms with van der Waals surface area (Å²) in [6.45, 7) is 6.53. The van der Waals surface area contributed by atoms with E-state index in [4.69, 9.17) is 4.52 Å². The molecular weight excluding hydrogens is 178 g/mol. The standard InChI is InChI=1S/C10H13N3O/c1-10(2,3)6-7-4-5-8-9(11-7)14-13-12-8/h4-5H,6H2,1-3H3. The lowest BCUT2D eigenvalue weighted by Gasteiger charge is -2.16. The van der Waals surface area contributed by atoms with E-state index in [2.05, 4.69) is 36.1 Å². The van der Waals surface area contributed by atoms with Gasteiger partial charge in [0.15, 0.2) is 5.52 Å². The van der Waals surface area contributed by atoms with Crippen LogP contribution in [-0.4, -0.2) is 15.4 Å². The third-order valence-electron chi connectivity index (χ3n) is 1.89. The minimum absolute atomic E-state index is 0.230. The van der Waals surface area contributed by atoms with Crippen LogP contribution in [0.1, 0.15) is 26.5 Å². The largest absolute Gasteiger partial charge is 0.316 e. The molecule has 2 heterocycles. The molecule has 4 nitrogen and oxygen atoms in total. The summed E-state index contributed by atoms with van der Waals surface area (Å²) in [5.74, 6) is 0. The number of hydrogen-bond donors (Lipinski definition) is 0. The number of rotatable bonds is 1. The Morgan fingerprint density at radius 1 is 1.29 bits per heavy atom. The van der Waals surface area contributed by atoms with Gasteiger partial charge in [0.25, 0.3) is 5.71 Å². The summed E-state index contributed by atoms with van der Waals surface area (Å²) in [6, 6.07) is 3.86. The van der Waals surface area contributed by atoms with Crippen molar-refractivity contribution >= 4 is 11.2 Å². The second-order valence-electron chi connectivity index (χ2n) is 4.64. The van der Waals surface area contributed by atoms with Crippen LogP contribution >= 0.6 is 0 Å². The van der Waals surface area contributed by atoms with Crippen LogP contribution in [0.15, 0.2) is 16.7 Å². The Bertz CT molecular complexity index is 442. The predicted octanol–water partition coefficient (Wildman–Crippen LogP) is 2.21. The summed E-state index contributed by atoms with van der Waals surface area (Å²) in [6.07, 6.45) is 0.920. The van der Waals surface area contributed by atoms with E-state index in [1.54, 1.807) is 0 Å². The molecule has 0 radical (unpaired) electrons. The molecule has 0 fully saturated rings. The van der Waals surface area contributed by atoms with E-state index in [-0.39, 0.29) is 5.41 Å². The molecule has 0 amide bonds. The van der Waals surface area contributed by atoms with Crippen molar-refractivity contribution in [2.24, 2.45) is 5.41 Å². The van der Waals surface area contributed by atoms with Crippen LogP contribution in [0.2, 0.25) is 0 Å². The van der Waals surface area contributed by atoms with Gasteiger partial charge in [-0.1, -0.05) is 20.8 Å². The molecule has 0 aliphatic rings. The third-order valence-corrected chi connectivity index (χ3v) is 1.89. The first-order chi connectivity index (χ1) is 6.54. The van der Waals surface area contributed by atoms with Gasteiger partial charge in [-0.25, -0.2) is 4.98 Å². The molecule has 0 saturated carbocycles. The molecule has 0 N–H and O–H groups in total. The van der Waals surface area contributed by atoms with E-state index in [1.165, 1.54) is 0 Å². The highest BCUT2D eigenvalue weighted by Gasteiger charge is 2.13. The fraction of sp³-hybridized carbons (Fsp3) is 0.500. The topological polar surface area (TPSA) is 51.8 Å². The zero-order valence-corrected chi connectivity index (χ0v) is 8.61. The Kier molecular flexibility index (Phi) is 1.98. The fourth-order valence-corrected chi connectivity index (χ4v) is 1.36. The second-order valence-corrected chi connectivity index (χ2v) is 4.64. The van der Waals surface area contributed by atoms with Crippen molar-refractivity contribution in [3.05, 3.63) is 17.8 Å². The molecule has 2 rings (SSSR count). The molecule has 2 aromatic rings. The third kappa shape index (κ3) is 1.89. The maximum atomic E-state index is 4.90. The summed E-state index contributed by atoms with van der Waals surface area (Å²) < 4.78 is 4.90. The number of fused-ring (bicyclic) bond motifs is 1. The SMILES string of the molecule is CC(C)(C)Cc1ccc2nnoc2n1. The monoisotopic (exact) mass is 191 g/mol. The summed E-state index contributed by atoms with van der Waals surface area (Å²) in [5.41, 5.74) is 2.48. The zero-order chi connectivity index (χ0) is 10.2. The van der Waals surface area contributed by atoms with Gasteiger partial charge in [0.1, 0.15) is 0 Å². The van der Waals surface area contributed by atoms with Gasteiger partial charge < -0.3 is 4.52 Å². The second kappa shape index (κ2) is 3.04. The minimum atomic E-state index is 0.230. The Morgan fingerprint density at radius 2 is 2.07 bits per heavy atom. The highest BCUT2D eigenvalue weighted by Crippen LogP contribution is 2.20. The molecule has 0 bridgehead atoms. The highest BCUT2D eigenvalue weighted by molar-refractivity contribution is 5.66. The average molecular weight is 191 g/mol. The normalized spacial score (nSPS) is 12.2. The molecule has 0 aromatic carbocycles. The lowest BCUT2D eigenvalue weighted by atomic mass is 9.90. The van der Waals surface area contributed by atoms with Crippen molar-refractivity contribution in [1.82, 2.24) is 15.4 Å². The summed E-state index contributed by atoms with van der Waals surface area (Å²) in [7, 11) is 0. The molecule has 0 aliphatic carbocycles. The molecule has 0 unspecified atom stereocenters. The van der Waals surface area contributed by atoms with E-state index >= 15 is 0 Å². The first kappa shape index (κ1) is 9.12. The van der Waals surface area contributed by atoms with Gasteiger partial charge in [0.05, 0.1) is 0 Å². The first-order valence-corrected chi connectivity index (χ1v) is 4.63. The minimum Gasteiger partial charge on any atom is -0.316 e. The van der Waals surface area contributed by atoms with Gasteiger partial charge in [-0.3, -0.25) is 0 Å². The van der Waals surface area contributed by atoms with Gasteiger partial charge in [-0.05, 0) is 24.0 Å². The lowest BCUT2D eigenvalue weighted by molar-refractivity contribution is 0.400. The lowest BCUT2D eigenvalue weighted by Crippen LogP contribution is -2.10. The summed E-state index contributed by atoms with van der Waals surface area (Å²) >= 11 is 0. The van der Waals surface area contributed by atoms with Crippen LogP contribution in [0.5, 0.6) is 0 Å². The van der Waals surface area contributed by atoms with Crippen LogP contribution in [0, 0.1) is 5.41 Å². The van der Waals surface area contributed by atoms with Crippen LogP contribution in [0.25, 0.3) is 11.2 Å². The molecule has 0 spiro atoms. The molecule has 4 heteroatoms. The van der Waals surface area contributed by atoms with E-state index in [0.717, 1.165) is 12.1 Å². The van der Waals surface area contributed by atoms with Crippen LogP contribution < -0.4 is 0 Å². The number of aromatic nitrogens is 3. The smallest absolute Gasteiger partial charge is 0.278 e. The van der Waals surface area contributed by atoms with Crippen molar-refractivity contribution < 1.29 is 4.52 Å². The summed E-state index contributed by atoms with van der Waals surface area (Å²) in [4.78, 5) is 4.33. The van der Waals surface area contributed by atoms with E-state index in [0.29, 0.717) is 11.2 Å². The van der Waals surface area contributed by atoms with Crippen LogP contribution in [0.4, 0.5) is 0 Å². The number of pyridine rings is 1. The average Bonchev–Trinajstić information content (AvgIpc) is 2.47. The Labute approximate surface area is 82.3 Å². The predicted molar refractivity (Wildman–Crippen MR) is 52.8 cm³/mol. The zero-order valence-electron chi connectivity index (χ0n) is 8.61. The Morgan fingerprint density at radius 3 is 2.79 bits per heavy atom. The summed E-state index contributed by atoms with van der Waals surface area (Å²) in [5, 5.41) is 7.23. The van der Waals surface area contributed by atoms with Crippen molar-refractivity contribution in [2.45, 2.75) is 27.2 Å². The maximum absolute atomic E-state index is 4.90. The number of hydrogen-bond acceptors (Lipinski definition) is 4. The highest BCUT2D eigenvalue weighted by atomic mass is 16.5. The van der Waals surface area contributed by atoms with Crippen LogP contribution in [-0.2, 0) is 6.42 Å². The van der Waals surface area contributed by atoms with Crippen molar-refractivity contribution in [3.63, 3.8) is 0 Å². The quantitative estimate of drug-likeness (QED) is 0.693. The molecule has 0 atom stereocenters. The van der Waals surface area contributed by atoms with Crippen molar-refractivity contribution in [2.75, 3.05) is 0 Å². The molecule has 0 aliphatic heterocycles. The van der Waals surface area contributed by atoms with Gasteiger partial charge in [-0.15, -0.1) is 5.10 Å². The van der Waals surface area contributed by atoms with Gasteiger partial charge >= 0.3 is 0 Å². The van der Waals surface area contributed by atoms with E-state index in [1.807, 2.05) is 12.1 Å². The maximum Gasteiger partial charge on any atom is 0.278 e. The Hall–Kier alpha value is -1.45. The first-order valence-electron chi connectivity index (χ1n) is 4.63. The molecule has 14 heavy (non-hydrogen) atoms. The van der Waals surface area contributed by atoms with Gasteiger partial charge in [0.2, 0.25) is 0 Å². The number of nitrogens with zero attached hydrogens (tertiary/aromatic N) is 3. The fourth-order valence-electron chi connectivity index (χ4n) is 1.36. The molecule has 0 saturated heterocycles. The van der Waals surface area contributed by atoms with Gasteiger partial charge in [-0.2, -0.15) is 0 Å². The molecule has 2 aromatic heterocycles. The van der Waals surface area contributed by atoms with Crippen molar-refractivity contribution in [3.8, 4) is 0 Å². The molecule has 74 valence electrons. The van der Waals surface area contributed by atoms with E-state index in [9.17, 15) is 0 Å². The molecular formula is C10H13N3O. The van der Waals surface area contributed by atoms with E-state index < -0.39 is 0 Å². The van der Waals surface area contributed by atoms with Crippen LogP contribution in [0.3, 0.4) is 0 Å². The Balaban J connectivity index is 2.35. The van der Waals surface area contributed by atoms with Crippen molar-refractivity contribution in [1.29, 1.82) is 0 Å². The van der Waals surface area contributed by atoms with Gasteiger partial charge in [0, 0.05) is 11.0 Å².